The van der Waals surface area contributed by atoms with E-state index in [4.69, 9.17) is 4.74 Å². The highest BCUT2D eigenvalue weighted by atomic mass is 79.9. The van der Waals surface area contributed by atoms with Crippen molar-refractivity contribution in [2.45, 2.75) is 33.6 Å². The van der Waals surface area contributed by atoms with Gasteiger partial charge in [-0.3, -0.25) is 4.79 Å². The van der Waals surface area contributed by atoms with Crippen LogP contribution in [0.5, 0.6) is 5.75 Å². The van der Waals surface area contributed by atoms with Crippen LogP contribution >= 0.6 is 15.9 Å². The maximum atomic E-state index is 11.9. The summed E-state index contributed by atoms with van der Waals surface area (Å²) in [6, 6.07) is 5.70. The van der Waals surface area contributed by atoms with Crippen LogP contribution in [0.2, 0.25) is 0 Å². The van der Waals surface area contributed by atoms with Crippen molar-refractivity contribution in [3.8, 4) is 5.75 Å². The van der Waals surface area contributed by atoms with Crippen molar-refractivity contribution in [3.05, 3.63) is 28.2 Å². The van der Waals surface area contributed by atoms with E-state index in [1.165, 1.54) is 0 Å². The minimum absolute atomic E-state index is 0.0441. The fraction of sp³-hybridized carbons (Fsp3) is 0.500. The number of Topliss-reactive ketones (excluding diaryl/α,β-unsaturated/α-hetero) is 1. The highest BCUT2D eigenvalue weighted by molar-refractivity contribution is 9.10. The van der Waals surface area contributed by atoms with Crippen LogP contribution in [0.15, 0.2) is 22.7 Å². The van der Waals surface area contributed by atoms with E-state index < -0.39 is 0 Å². The van der Waals surface area contributed by atoms with Crippen LogP contribution in [-0.4, -0.2) is 12.9 Å². The van der Waals surface area contributed by atoms with Gasteiger partial charge in [-0.2, -0.15) is 0 Å². The van der Waals surface area contributed by atoms with Crippen LogP contribution in [0.3, 0.4) is 0 Å². The van der Waals surface area contributed by atoms with Gasteiger partial charge in [-0.1, -0.05) is 36.7 Å². The zero-order valence-corrected chi connectivity index (χ0v) is 12.4. The Kier molecular flexibility index (Phi) is 4.75. The zero-order chi connectivity index (χ0) is 13.1. The number of ether oxygens (including phenoxy) is 1. The third kappa shape index (κ3) is 4.90. The van der Waals surface area contributed by atoms with Gasteiger partial charge in [0.25, 0.3) is 0 Å². The molecule has 0 fully saturated rings. The maximum absolute atomic E-state index is 11.9. The summed E-state index contributed by atoms with van der Waals surface area (Å²) in [5.41, 5.74) is 1.03. The maximum Gasteiger partial charge on any atom is 0.137 e. The number of hydrogen-bond donors (Lipinski definition) is 0. The number of methoxy groups -OCH3 is 1. The molecule has 3 heteroatoms. The molecule has 0 radical (unpaired) electrons. The van der Waals surface area contributed by atoms with Crippen molar-refractivity contribution in [1.82, 2.24) is 0 Å². The quantitative estimate of drug-likeness (QED) is 0.840. The van der Waals surface area contributed by atoms with Gasteiger partial charge in [-0.05, 0) is 29.2 Å². The topological polar surface area (TPSA) is 26.3 Å². The predicted molar refractivity (Wildman–Crippen MR) is 73.5 cm³/mol. The van der Waals surface area contributed by atoms with Crippen LogP contribution in [0.25, 0.3) is 0 Å². The van der Waals surface area contributed by atoms with E-state index in [-0.39, 0.29) is 11.2 Å². The number of carbonyl (C=O) groups excluding carboxylic acids is 1. The molecule has 0 aliphatic carbocycles. The Morgan fingerprint density at radius 3 is 2.53 bits per heavy atom. The SMILES string of the molecule is COc1ccc(Br)c(CC(=O)CC(C)(C)C)c1. The molecule has 1 rings (SSSR count). The van der Waals surface area contributed by atoms with Crippen molar-refractivity contribution in [1.29, 1.82) is 0 Å². The molecule has 2 nitrogen and oxygen atoms in total. The Bertz CT molecular complexity index is 405. The van der Waals surface area contributed by atoms with Crippen molar-refractivity contribution >= 4 is 21.7 Å². The first-order valence-corrected chi connectivity index (χ1v) is 6.45. The summed E-state index contributed by atoms with van der Waals surface area (Å²) in [5, 5.41) is 0. The van der Waals surface area contributed by atoms with Crippen molar-refractivity contribution < 1.29 is 9.53 Å². The first-order valence-electron chi connectivity index (χ1n) is 5.66. The Morgan fingerprint density at radius 1 is 1.35 bits per heavy atom. The minimum atomic E-state index is 0.0441. The third-order valence-corrected chi connectivity index (χ3v) is 3.14. The van der Waals surface area contributed by atoms with Crippen molar-refractivity contribution in [3.63, 3.8) is 0 Å². The van der Waals surface area contributed by atoms with Crippen LogP contribution in [0.4, 0.5) is 0 Å². The van der Waals surface area contributed by atoms with E-state index in [9.17, 15) is 4.79 Å². The average Bonchev–Trinajstić information content (AvgIpc) is 2.18. The van der Waals surface area contributed by atoms with Gasteiger partial charge in [0, 0.05) is 17.3 Å². The van der Waals surface area contributed by atoms with Gasteiger partial charge in [0.15, 0.2) is 0 Å². The fourth-order valence-electron chi connectivity index (χ4n) is 1.68. The Hall–Kier alpha value is -0.830. The van der Waals surface area contributed by atoms with E-state index in [0.29, 0.717) is 12.8 Å². The molecular formula is C14H19BrO2. The first kappa shape index (κ1) is 14.2. The van der Waals surface area contributed by atoms with Gasteiger partial charge in [0.05, 0.1) is 7.11 Å². The molecule has 0 unspecified atom stereocenters. The molecule has 0 aliphatic rings. The molecule has 0 spiro atoms. The second-order valence-corrected chi connectivity index (χ2v) is 6.26. The lowest BCUT2D eigenvalue weighted by Gasteiger charge is -2.17. The number of halogens is 1. The minimum Gasteiger partial charge on any atom is -0.497 e. The van der Waals surface area contributed by atoms with Gasteiger partial charge in [0.1, 0.15) is 11.5 Å². The summed E-state index contributed by atoms with van der Waals surface area (Å²) in [4.78, 5) is 11.9. The molecule has 0 atom stereocenters. The molecule has 1 aromatic carbocycles. The second kappa shape index (κ2) is 5.67. The Morgan fingerprint density at radius 2 is 2.00 bits per heavy atom. The van der Waals surface area contributed by atoms with E-state index >= 15 is 0 Å². The van der Waals surface area contributed by atoms with E-state index in [1.807, 2.05) is 18.2 Å². The molecule has 0 saturated carbocycles. The smallest absolute Gasteiger partial charge is 0.137 e. The normalized spacial score (nSPS) is 11.4. The highest BCUT2D eigenvalue weighted by Gasteiger charge is 2.17. The molecule has 0 bridgehead atoms. The summed E-state index contributed by atoms with van der Waals surface area (Å²) < 4.78 is 6.12. The summed E-state index contributed by atoms with van der Waals surface area (Å²) in [6.45, 7) is 6.22. The van der Waals surface area contributed by atoms with Crippen LogP contribution in [0.1, 0.15) is 32.8 Å². The van der Waals surface area contributed by atoms with Gasteiger partial charge in [-0.15, -0.1) is 0 Å². The van der Waals surface area contributed by atoms with E-state index in [0.717, 1.165) is 15.8 Å². The molecule has 0 aromatic heterocycles. The van der Waals surface area contributed by atoms with E-state index in [1.54, 1.807) is 7.11 Å². The predicted octanol–water partition coefficient (Wildman–Crippen LogP) is 4.01. The van der Waals surface area contributed by atoms with Crippen molar-refractivity contribution in [2.75, 3.05) is 7.11 Å². The summed E-state index contributed by atoms with van der Waals surface area (Å²) in [6.07, 6.45) is 1.05. The highest BCUT2D eigenvalue weighted by Crippen LogP contribution is 2.25. The fourth-order valence-corrected chi connectivity index (χ4v) is 2.07. The molecular weight excluding hydrogens is 280 g/mol. The van der Waals surface area contributed by atoms with Gasteiger partial charge in [-0.25, -0.2) is 0 Å². The summed E-state index contributed by atoms with van der Waals surface area (Å²) in [5.74, 6) is 1.04. The van der Waals surface area contributed by atoms with Gasteiger partial charge in [0.2, 0.25) is 0 Å². The van der Waals surface area contributed by atoms with Crippen LogP contribution in [-0.2, 0) is 11.2 Å². The second-order valence-electron chi connectivity index (χ2n) is 5.41. The molecule has 0 heterocycles. The van der Waals surface area contributed by atoms with Gasteiger partial charge >= 0.3 is 0 Å². The average molecular weight is 299 g/mol. The lowest BCUT2D eigenvalue weighted by atomic mass is 9.88. The number of hydrogen-bond acceptors (Lipinski definition) is 2. The molecule has 1 aromatic rings. The number of benzene rings is 1. The number of carbonyl (C=O) groups is 1. The zero-order valence-electron chi connectivity index (χ0n) is 10.8. The summed E-state index contributed by atoms with van der Waals surface area (Å²) >= 11 is 3.46. The monoisotopic (exact) mass is 298 g/mol. The third-order valence-electron chi connectivity index (χ3n) is 2.37. The molecule has 17 heavy (non-hydrogen) atoms. The molecule has 0 saturated heterocycles. The lowest BCUT2D eigenvalue weighted by Crippen LogP contribution is -2.14. The largest absolute Gasteiger partial charge is 0.497 e. The molecule has 94 valence electrons. The first-order chi connectivity index (χ1) is 7.81. The number of ketones is 1. The standard InChI is InChI=1S/C14H19BrO2/c1-14(2,3)9-11(16)7-10-8-12(17-4)5-6-13(10)15/h5-6,8H,7,9H2,1-4H3. The Balaban J connectivity index is 2.77. The molecule has 0 N–H and O–H groups in total. The van der Waals surface area contributed by atoms with E-state index in [2.05, 4.69) is 36.7 Å². The number of rotatable bonds is 4. The lowest BCUT2D eigenvalue weighted by molar-refractivity contribution is -0.120. The van der Waals surface area contributed by atoms with Crippen LogP contribution in [0, 0.1) is 5.41 Å². The van der Waals surface area contributed by atoms with Gasteiger partial charge < -0.3 is 4.74 Å². The van der Waals surface area contributed by atoms with Crippen molar-refractivity contribution in [2.24, 2.45) is 5.41 Å². The molecule has 0 aliphatic heterocycles. The Labute approximate surface area is 111 Å². The van der Waals surface area contributed by atoms with Crippen LogP contribution < -0.4 is 4.74 Å². The summed E-state index contributed by atoms with van der Waals surface area (Å²) in [7, 11) is 1.63. The molecule has 0 amide bonds.